The van der Waals surface area contributed by atoms with E-state index in [4.69, 9.17) is 24.6 Å². The van der Waals surface area contributed by atoms with Gasteiger partial charge in [0.2, 0.25) is 16.9 Å². The number of anilines is 1. The van der Waals surface area contributed by atoms with Crippen LogP contribution in [0.4, 0.5) is 5.82 Å². The molecular weight excluding hydrogens is 823 g/mol. The van der Waals surface area contributed by atoms with Crippen LogP contribution in [0.2, 0.25) is 0 Å². The normalized spacial score (nSPS) is 22.2. The first-order valence-electron chi connectivity index (χ1n) is 15.8. The lowest BCUT2D eigenvalue weighted by Gasteiger charge is -2.30. The Labute approximate surface area is 316 Å². The first-order valence-corrected chi connectivity index (χ1v) is 21.3. The second-order valence-electron chi connectivity index (χ2n) is 12.3. The van der Waals surface area contributed by atoms with E-state index in [1.165, 1.54) is 19.9 Å². The summed E-state index contributed by atoms with van der Waals surface area (Å²) in [6, 6.07) is 0. The van der Waals surface area contributed by atoms with Crippen LogP contribution < -0.4 is 16.4 Å². The Morgan fingerprint density at radius 3 is 2.42 bits per heavy atom. The van der Waals surface area contributed by atoms with Crippen LogP contribution in [0.5, 0.6) is 0 Å². The van der Waals surface area contributed by atoms with Gasteiger partial charge in [-0.3, -0.25) is 32.5 Å². The number of rotatable bonds is 21. The van der Waals surface area contributed by atoms with Crippen molar-refractivity contribution in [3.05, 3.63) is 24.3 Å². The topological polar surface area (TPSA) is 384 Å². The van der Waals surface area contributed by atoms with Crippen LogP contribution in [0.25, 0.3) is 11.2 Å². The van der Waals surface area contributed by atoms with E-state index in [0.29, 0.717) is 5.57 Å². The van der Waals surface area contributed by atoms with Crippen LogP contribution in [0, 0.1) is 5.41 Å². The van der Waals surface area contributed by atoms with Gasteiger partial charge in [-0.2, -0.15) is 4.31 Å². The maximum atomic E-state index is 12.7. The lowest BCUT2D eigenvalue weighted by atomic mass is 9.87. The van der Waals surface area contributed by atoms with Gasteiger partial charge in [0.1, 0.15) is 36.3 Å². The molecule has 1 aliphatic rings. The molecule has 1 aliphatic heterocycles. The number of aliphatic hydroxyl groups excluding tert-OH is 3. The average Bonchev–Trinajstić information content (AvgIpc) is 3.64. The molecule has 2 aromatic heterocycles. The van der Waals surface area contributed by atoms with Gasteiger partial charge < -0.3 is 56.0 Å². The van der Waals surface area contributed by atoms with E-state index >= 15 is 0 Å². The molecule has 2 unspecified atom stereocenters. The fraction of sp³-hybridized carbons (Fsp3) is 0.615. The number of nitrogen functional groups attached to an aromatic ring is 1. The third-order valence-corrected chi connectivity index (χ3v) is 11.5. The number of fused-ring (bicyclic) bond motifs is 1. The molecule has 1 saturated heterocycles. The Hall–Kier alpha value is -2.74. The molecular formula is C26H42N7O18P3S. The van der Waals surface area contributed by atoms with Gasteiger partial charge in [-0.1, -0.05) is 31.7 Å². The van der Waals surface area contributed by atoms with Gasteiger partial charge in [-0.05, 0) is 6.92 Å². The largest absolute Gasteiger partial charge is 0.481 e. The molecule has 3 rings (SSSR count). The van der Waals surface area contributed by atoms with E-state index in [-0.39, 0.29) is 54.0 Å². The number of imidazole rings is 1. The number of nitrogens with two attached hydrogens (primary N) is 1. The lowest BCUT2D eigenvalue weighted by Crippen LogP contribution is -2.46. The van der Waals surface area contributed by atoms with Crippen molar-refractivity contribution in [2.75, 3.05) is 44.4 Å². The Balaban J connectivity index is 1.50. The number of nitrogens with zero attached hydrogens (tertiary/aromatic N) is 4. The van der Waals surface area contributed by atoms with Gasteiger partial charge in [0.05, 0.1) is 26.1 Å². The molecule has 7 atom stereocenters. The highest BCUT2D eigenvalue weighted by Crippen LogP contribution is 2.61. The highest BCUT2D eigenvalue weighted by molar-refractivity contribution is 8.14. The zero-order valence-electron chi connectivity index (χ0n) is 29.3. The summed E-state index contributed by atoms with van der Waals surface area (Å²) < 4.78 is 62.0. The van der Waals surface area contributed by atoms with Crippen molar-refractivity contribution >= 4 is 69.1 Å². The second kappa shape index (κ2) is 19.6. The number of phosphoric acid groups is 3. The number of thioether (sulfide) groups is 1. The molecule has 1 fully saturated rings. The van der Waals surface area contributed by atoms with Crippen molar-refractivity contribution in [1.82, 2.24) is 30.2 Å². The highest BCUT2D eigenvalue weighted by Gasteiger charge is 2.50. The molecule has 11 N–H and O–H groups in total. The minimum atomic E-state index is -5.58. The summed E-state index contributed by atoms with van der Waals surface area (Å²) in [6.45, 7) is 1.61. The van der Waals surface area contributed by atoms with Crippen LogP contribution in [0.3, 0.4) is 0 Å². The van der Waals surface area contributed by atoms with Crippen LogP contribution in [0.1, 0.15) is 33.4 Å². The molecule has 29 heteroatoms. The van der Waals surface area contributed by atoms with E-state index in [1.54, 1.807) is 6.92 Å². The number of carbonyl (C=O) groups is 3. The quantitative estimate of drug-likeness (QED) is 0.0392. The van der Waals surface area contributed by atoms with E-state index in [2.05, 4.69) is 34.4 Å². The fourth-order valence-corrected chi connectivity index (χ4v) is 8.14. The van der Waals surface area contributed by atoms with Gasteiger partial charge in [-0.25, -0.2) is 28.6 Å². The molecule has 2 aromatic rings. The van der Waals surface area contributed by atoms with Crippen molar-refractivity contribution in [3.8, 4) is 0 Å². The fourth-order valence-electron chi connectivity index (χ4n) is 4.61. The first-order chi connectivity index (χ1) is 25.5. The third kappa shape index (κ3) is 14.0. The molecule has 0 radical (unpaired) electrons. The van der Waals surface area contributed by atoms with Gasteiger partial charge in [0.25, 0.3) is 0 Å². The second-order valence-corrected chi connectivity index (χ2v) is 17.6. The predicted octanol–water partition coefficient (Wildman–Crippen LogP) is -1.40. The molecule has 0 saturated carbocycles. The number of nitrogens with one attached hydrogen (secondary N) is 2. The number of ether oxygens (including phenoxy) is 1. The SMILES string of the molecule is CC(=CCO)C(=O)SCCNC(=O)CCNC(=O)[C@H](O)C(C)(C)COP(=O)(O)OP(=O)(O)OC[C@H]1O[C@@H](n2cnc3c(N)ncnc32)[C@H](O)[C@@H]1OP(=O)(O)O. The number of amides is 2. The minimum Gasteiger partial charge on any atom is -0.392 e. The van der Waals surface area contributed by atoms with Crippen LogP contribution >= 0.6 is 35.2 Å². The Bertz CT molecular complexity index is 1860. The molecule has 55 heavy (non-hydrogen) atoms. The molecule has 0 aromatic carbocycles. The first kappa shape index (κ1) is 46.6. The van der Waals surface area contributed by atoms with Gasteiger partial charge in [0, 0.05) is 36.3 Å². The number of phosphoric ester groups is 3. The Kier molecular flexibility index (Phi) is 16.6. The van der Waals surface area contributed by atoms with Crippen molar-refractivity contribution in [2.45, 2.75) is 57.8 Å². The maximum absolute atomic E-state index is 12.7. The minimum absolute atomic E-state index is 0.0252. The van der Waals surface area contributed by atoms with Crippen molar-refractivity contribution in [1.29, 1.82) is 0 Å². The average molecular weight is 866 g/mol. The monoisotopic (exact) mass is 865 g/mol. The van der Waals surface area contributed by atoms with Crippen molar-refractivity contribution in [3.63, 3.8) is 0 Å². The lowest BCUT2D eigenvalue weighted by molar-refractivity contribution is -0.137. The van der Waals surface area contributed by atoms with Crippen molar-refractivity contribution in [2.24, 2.45) is 5.41 Å². The number of carbonyl (C=O) groups excluding carboxylic acids is 3. The van der Waals surface area contributed by atoms with E-state index in [1.807, 2.05) is 0 Å². The van der Waals surface area contributed by atoms with Gasteiger partial charge in [-0.15, -0.1) is 0 Å². The Morgan fingerprint density at radius 1 is 1.09 bits per heavy atom. The molecule has 2 amide bonds. The molecule has 3 heterocycles. The summed E-state index contributed by atoms with van der Waals surface area (Å²) in [5.74, 6) is -1.27. The zero-order chi connectivity index (χ0) is 41.4. The number of hydrogen-bond donors (Lipinski definition) is 10. The van der Waals surface area contributed by atoms with E-state index in [9.17, 15) is 57.9 Å². The highest BCUT2D eigenvalue weighted by atomic mass is 32.2. The Morgan fingerprint density at radius 2 is 1.76 bits per heavy atom. The third-order valence-electron chi connectivity index (χ3n) is 7.45. The van der Waals surface area contributed by atoms with E-state index in [0.717, 1.165) is 29.0 Å². The zero-order valence-corrected chi connectivity index (χ0v) is 32.8. The number of hydrogen-bond acceptors (Lipinski definition) is 19. The number of aliphatic hydroxyl groups is 3. The molecule has 0 bridgehead atoms. The summed E-state index contributed by atoms with van der Waals surface area (Å²) in [5.41, 5.74) is 4.60. The summed E-state index contributed by atoms with van der Waals surface area (Å²) in [7, 11) is -16.4. The van der Waals surface area contributed by atoms with Gasteiger partial charge >= 0.3 is 23.5 Å². The molecule has 0 spiro atoms. The molecule has 25 nitrogen and oxygen atoms in total. The van der Waals surface area contributed by atoms with Gasteiger partial charge in [0.15, 0.2) is 17.7 Å². The standard InChI is InChI=1S/C26H42N7O18P3S/c1-14(5-8-34)25(39)55-9-7-28-16(35)4-6-29-23(38)20(37)26(2,3)11-48-54(45,46)51-53(43,44)47-10-15-19(50-52(40,41)42)18(36)24(49-15)33-13-32-17-21(27)30-12-31-22(17)33/h5,12-13,15,18-20,24,34,36-37H,4,6-11H2,1-3H3,(H,28,35)(H,29,38)(H,43,44)(H,45,46)(H2,27,30,31)(H2,40,41,42)/t15-,18-,19-,20+,24-/m1/s1. The summed E-state index contributed by atoms with van der Waals surface area (Å²) in [4.78, 5) is 87.2. The van der Waals surface area contributed by atoms with Crippen molar-refractivity contribution < 1.29 is 85.6 Å². The predicted molar refractivity (Wildman–Crippen MR) is 188 cm³/mol. The maximum Gasteiger partial charge on any atom is 0.481 e. The van der Waals surface area contributed by atoms with Crippen LogP contribution in [0.15, 0.2) is 24.3 Å². The summed E-state index contributed by atoms with van der Waals surface area (Å²) >= 11 is 0.939. The summed E-state index contributed by atoms with van der Waals surface area (Å²) in [5, 5.41) is 34.8. The van der Waals surface area contributed by atoms with Crippen LogP contribution in [-0.2, 0) is 50.7 Å². The molecule has 0 aliphatic carbocycles. The smallest absolute Gasteiger partial charge is 0.392 e. The van der Waals surface area contributed by atoms with Crippen LogP contribution in [-0.4, -0.2) is 134 Å². The summed E-state index contributed by atoms with van der Waals surface area (Å²) in [6.07, 6.45) is -5.65. The van der Waals surface area contributed by atoms with E-state index < -0.39 is 84.6 Å². The number of aromatic nitrogens is 4. The molecule has 310 valence electrons.